The van der Waals surface area contributed by atoms with Gasteiger partial charge in [-0.2, -0.15) is 0 Å². The summed E-state index contributed by atoms with van der Waals surface area (Å²) in [5, 5.41) is 15.2. The van der Waals surface area contributed by atoms with Crippen LogP contribution in [0.25, 0.3) is 0 Å². The number of hydrogen-bond donors (Lipinski definition) is 6. The van der Waals surface area contributed by atoms with Crippen molar-refractivity contribution in [2.24, 2.45) is 0 Å². The molecule has 2 atom stereocenters. The van der Waals surface area contributed by atoms with Crippen LogP contribution < -0.4 is 0 Å². The fourth-order valence-corrected chi connectivity index (χ4v) is 2.70. The molecule has 0 heterocycles. The zero-order chi connectivity index (χ0) is 17.0. The zero-order valence-electron chi connectivity index (χ0n) is 10.8. The number of aliphatic hydroxyl groups excluding tert-OH is 2. The molecular formula is C4H16O12P4Ti+2. The Morgan fingerprint density at radius 3 is 1.00 bits per heavy atom. The van der Waals surface area contributed by atoms with E-state index in [0.717, 1.165) is 13.3 Å². The molecule has 2 unspecified atom stereocenters. The van der Waals surface area contributed by atoms with Crippen molar-refractivity contribution in [3.63, 3.8) is 0 Å². The van der Waals surface area contributed by atoms with Crippen molar-refractivity contribution < 1.29 is 78.4 Å². The molecule has 21 heavy (non-hydrogen) atoms. The first-order valence-electron chi connectivity index (χ1n) is 4.29. The van der Waals surface area contributed by atoms with E-state index in [4.69, 9.17) is 29.8 Å². The van der Waals surface area contributed by atoms with Crippen LogP contribution in [0.5, 0.6) is 0 Å². The first-order valence-corrected chi connectivity index (χ1v) is 10.6. The summed E-state index contributed by atoms with van der Waals surface area (Å²) < 4.78 is 46.5. The van der Waals surface area contributed by atoms with Crippen LogP contribution in [0.4, 0.5) is 0 Å². The van der Waals surface area contributed by atoms with Crippen LogP contribution >= 0.6 is 31.7 Å². The Bertz CT molecular complexity index is 337. The van der Waals surface area contributed by atoms with Crippen molar-refractivity contribution in [1.82, 2.24) is 0 Å². The van der Waals surface area contributed by atoms with Crippen molar-refractivity contribution >= 4 is 31.7 Å². The van der Waals surface area contributed by atoms with Gasteiger partial charge in [0.15, 0.2) is 13.3 Å². The van der Waals surface area contributed by atoms with Gasteiger partial charge in [-0.3, -0.25) is 0 Å². The van der Waals surface area contributed by atoms with Crippen molar-refractivity contribution in [3.8, 4) is 0 Å². The van der Waals surface area contributed by atoms with Crippen LogP contribution in [0.15, 0.2) is 0 Å². The largest absolute Gasteiger partial charge is 0.515 e. The summed E-state index contributed by atoms with van der Waals surface area (Å²) in [6.45, 7) is 1.88. The Hall–Kier alpha value is 1.05. The van der Waals surface area contributed by atoms with Crippen LogP contribution in [-0.4, -0.2) is 56.3 Å². The van der Waals surface area contributed by atoms with Gasteiger partial charge < -0.3 is 29.8 Å². The maximum atomic E-state index is 9.89. The van der Waals surface area contributed by atoms with E-state index in [0.29, 0.717) is 0 Å². The van der Waals surface area contributed by atoms with E-state index in [1.807, 2.05) is 0 Å². The minimum atomic E-state index is -4.51. The third kappa shape index (κ3) is 52.6. The quantitative estimate of drug-likeness (QED) is 0.251. The zero-order valence-corrected chi connectivity index (χ0v) is 16.0. The second-order valence-corrected chi connectivity index (χ2v) is 7.50. The Morgan fingerprint density at radius 1 is 0.810 bits per heavy atom. The molecule has 0 amide bonds. The molecule has 0 aromatic rings. The van der Waals surface area contributed by atoms with Gasteiger partial charge in [-0.1, -0.05) is 0 Å². The Morgan fingerprint density at radius 2 is 1.00 bits per heavy atom. The van der Waals surface area contributed by atoms with E-state index >= 15 is 0 Å². The molecule has 0 aliphatic rings. The van der Waals surface area contributed by atoms with Gasteiger partial charge in [-0.05, 0) is 17.8 Å². The summed E-state index contributed by atoms with van der Waals surface area (Å²) >= 11 is 0. The van der Waals surface area contributed by atoms with Crippen molar-refractivity contribution in [3.05, 3.63) is 0 Å². The predicted octanol–water partition coefficient (Wildman–Crippen LogP) is -0.0957. The molecule has 0 aliphatic carbocycles. The van der Waals surface area contributed by atoms with Crippen LogP contribution in [0.1, 0.15) is 0 Å². The van der Waals surface area contributed by atoms with Gasteiger partial charge >= 0.3 is 31.7 Å². The normalized spacial score (nSPS) is 11.8. The minimum Gasteiger partial charge on any atom is -0.394 e. The third-order valence-electron chi connectivity index (χ3n) is 0.543. The van der Waals surface area contributed by atoms with E-state index in [1.165, 1.54) is 0 Å². The molecule has 0 spiro atoms. The van der Waals surface area contributed by atoms with Gasteiger partial charge in [-0.25, -0.2) is 9.13 Å². The monoisotopic (exact) mass is 428 g/mol. The molecule has 0 aromatic carbocycles. The summed E-state index contributed by atoms with van der Waals surface area (Å²) in [7, 11) is -13.4. The van der Waals surface area contributed by atoms with Gasteiger partial charge in [0.1, 0.15) is 0 Å². The average Bonchev–Trinajstić information content (AvgIpc) is 2.10. The molecule has 17 heteroatoms. The minimum absolute atomic E-state index is 0. The maximum Gasteiger partial charge on any atom is 0.515 e. The second-order valence-electron chi connectivity index (χ2n) is 2.47. The van der Waals surface area contributed by atoms with Gasteiger partial charge in [0, 0.05) is 21.7 Å². The summed E-state index contributed by atoms with van der Waals surface area (Å²) in [4.78, 5) is 31.6. The van der Waals surface area contributed by atoms with E-state index in [1.54, 1.807) is 0 Å². The topological polar surface area (TPSA) is 208 Å². The second kappa shape index (κ2) is 15.9. The van der Waals surface area contributed by atoms with Crippen molar-refractivity contribution in [2.45, 2.75) is 0 Å². The number of rotatable bonds is 5. The Kier molecular flexibility index (Phi) is 22.8. The van der Waals surface area contributed by atoms with E-state index < -0.39 is 31.7 Å². The SMILES string of the molecule is C[P+](=O)OP(=O)(O)O.C[P+](=O)OP(=O)(O)O.OCCO.[Ti]. The van der Waals surface area contributed by atoms with Gasteiger partial charge in [0.05, 0.1) is 13.2 Å². The number of aliphatic hydroxyl groups is 2. The van der Waals surface area contributed by atoms with Crippen LogP contribution in [0.3, 0.4) is 0 Å². The molecule has 0 rings (SSSR count). The molecule has 0 saturated heterocycles. The van der Waals surface area contributed by atoms with E-state index in [9.17, 15) is 18.3 Å². The molecule has 0 bridgehead atoms. The molecule has 0 saturated carbocycles. The van der Waals surface area contributed by atoms with Gasteiger partial charge in [0.25, 0.3) is 0 Å². The van der Waals surface area contributed by atoms with Gasteiger partial charge in [-0.15, -0.1) is 0 Å². The van der Waals surface area contributed by atoms with Crippen LogP contribution in [0.2, 0.25) is 0 Å². The average molecular weight is 428 g/mol. The van der Waals surface area contributed by atoms with Gasteiger partial charge in [0.2, 0.25) is 0 Å². The first-order chi connectivity index (χ1) is 8.75. The smallest absolute Gasteiger partial charge is 0.394 e. The fraction of sp³-hybridized carbons (Fsp3) is 1.00. The summed E-state index contributed by atoms with van der Waals surface area (Å²) in [5.41, 5.74) is 0. The molecule has 6 N–H and O–H groups in total. The summed E-state index contributed by atoms with van der Waals surface area (Å²) in [6.07, 6.45) is 0. The molecule has 12 nitrogen and oxygen atoms in total. The third-order valence-corrected chi connectivity index (χ3v) is 4.08. The molecule has 126 valence electrons. The molecule has 0 fully saturated rings. The number of phosphoric acid groups is 2. The van der Waals surface area contributed by atoms with Crippen molar-refractivity contribution in [1.29, 1.82) is 0 Å². The summed E-state index contributed by atoms with van der Waals surface area (Å²) in [5.74, 6) is 0. The van der Waals surface area contributed by atoms with Crippen LogP contribution in [0, 0.1) is 0 Å². The molecule has 0 aromatic heterocycles. The summed E-state index contributed by atoms with van der Waals surface area (Å²) in [6, 6.07) is 0. The maximum absolute atomic E-state index is 9.89. The van der Waals surface area contributed by atoms with Crippen molar-refractivity contribution in [2.75, 3.05) is 26.5 Å². The molecular weight excluding hydrogens is 412 g/mol. The number of hydrogen-bond acceptors (Lipinski definition) is 8. The predicted molar refractivity (Wildman–Crippen MR) is 67.5 cm³/mol. The standard InChI is InChI=1S/C2H6O2.2CH4O5P2.Ti/c3-1-2-4;2*1-7(2)6-8(3,4)5;/h3-4H,1-2H2;2*1H3,(H-,3,4,5);/p+2. The Balaban J connectivity index is -0.000000107. The molecule has 0 aliphatic heterocycles. The van der Waals surface area contributed by atoms with E-state index in [2.05, 4.69) is 8.62 Å². The Labute approximate surface area is 137 Å². The fourth-order valence-electron chi connectivity index (χ4n) is 0.300. The van der Waals surface area contributed by atoms with Crippen LogP contribution in [-0.2, 0) is 48.6 Å². The molecule has 0 radical (unpaired) electrons. The first kappa shape index (κ1) is 30.0. The van der Waals surface area contributed by atoms with E-state index in [-0.39, 0.29) is 34.9 Å².